The number of aliphatic carboxylic acids is 1. The van der Waals surface area contributed by atoms with Gasteiger partial charge in [-0.25, -0.2) is 4.79 Å². The highest BCUT2D eigenvalue weighted by Gasteiger charge is 2.14. The Morgan fingerprint density at radius 3 is 2.30 bits per heavy atom. The molecule has 0 radical (unpaired) electrons. The minimum absolute atomic E-state index is 0.152. The largest absolute Gasteiger partial charge is 0.478 e. The summed E-state index contributed by atoms with van der Waals surface area (Å²) in [6.07, 6.45) is 1.76. The van der Waals surface area contributed by atoms with Gasteiger partial charge in [0.1, 0.15) is 0 Å². The topological polar surface area (TPSA) is 40.5 Å². The first kappa shape index (κ1) is 17.1. The summed E-state index contributed by atoms with van der Waals surface area (Å²) in [6.45, 7) is 1.61. The molecule has 2 aromatic rings. The van der Waals surface area contributed by atoms with E-state index in [9.17, 15) is 9.90 Å². The molecule has 1 N–H and O–H groups in total. The van der Waals surface area contributed by atoms with Gasteiger partial charge in [0, 0.05) is 36.3 Å². The van der Waals surface area contributed by atoms with Crippen LogP contribution in [0.25, 0.3) is 0 Å². The monoisotopic (exact) mass is 329 g/mol. The van der Waals surface area contributed by atoms with E-state index in [1.807, 2.05) is 67.5 Å². The van der Waals surface area contributed by atoms with Crippen LogP contribution in [0.4, 0.5) is 5.69 Å². The van der Waals surface area contributed by atoms with Gasteiger partial charge >= 0.3 is 5.97 Å². The van der Waals surface area contributed by atoms with Crippen molar-refractivity contribution in [2.45, 2.75) is 12.8 Å². The number of rotatable bonds is 5. The van der Waals surface area contributed by atoms with Crippen LogP contribution in [0, 0.1) is 0 Å². The second-order valence-electron chi connectivity index (χ2n) is 5.67. The molecule has 0 amide bonds. The van der Waals surface area contributed by atoms with Gasteiger partial charge < -0.3 is 10.0 Å². The Morgan fingerprint density at radius 1 is 1.13 bits per heavy atom. The molecule has 120 valence electrons. The van der Waals surface area contributed by atoms with Crippen molar-refractivity contribution < 1.29 is 9.90 Å². The van der Waals surface area contributed by atoms with Crippen molar-refractivity contribution in [2.75, 3.05) is 19.0 Å². The predicted octanol–water partition coefficient (Wildman–Crippen LogP) is 4.57. The van der Waals surface area contributed by atoms with Gasteiger partial charge in [0.05, 0.1) is 0 Å². The summed E-state index contributed by atoms with van der Waals surface area (Å²) in [7, 11) is 3.97. The number of hydrogen-bond acceptors (Lipinski definition) is 2. The number of nitrogens with zero attached hydrogens (tertiary/aromatic N) is 1. The summed E-state index contributed by atoms with van der Waals surface area (Å²) in [5.74, 6) is -1.07. The van der Waals surface area contributed by atoms with Gasteiger partial charge in [-0.1, -0.05) is 41.9 Å². The second kappa shape index (κ2) is 7.34. The molecule has 0 aromatic heterocycles. The number of halogens is 1. The van der Waals surface area contributed by atoms with Crippen molar-refractivity contribution in [1.29, 1.82) is 0 Å². The maximum atomic E-state index is 11.2. The van der Waals surface area contributed by atoms with Gasteiger partial charge in [-0.3, -0.25) is 0 Å². The fourth-order valence-electron chi connectivity index (χ4n) is 2.39. The first-order valence-electron chi connectivity index (χ1n) is 7.33. The van der Waals surface area contributed by atoms with E-state index in [1.54, 1.807) is 13.0 Å². The molecule has 0 spiro atoms. The SMILES string of the molecule is CC(=CC(c1ccc(N(C)C)cc1)c1cccc(Cl)c1)C(=O)O. The molecule has 0 aliphatic carbocycles. The molecule has 0 aliphatic heterocycles. The number of carbonyl (C=O) groups is 1. The summed E-state index contributed by atoms with van der Waals surface area (Å²) in [4.78, 5) is 13.2. The summed E-state index contributed by atoms with van der Waals surface area (Å²) in [6, 6.07) is 15.6. The maximum absolute atomic E-state index is 11.2. The van der Waals surface area contributed by atoms with Crippen LogP contribution in [0.15, 0.2) is 60.2 Å². The van der Waals surface area contributed by atoms with Crippen LogP contribution in [-0.2, 0) is 4.79 Å². The fraction of sp³-hybridized carbons (Fsp3) is 0.211. The molecule has 0 saturated carbocycles. The van der Waals surface area contributed by atoms with Crippen LogP contribution >= 0.6 is 11.6 Å². The van der Waals surface area contributed by atoms with E-state index < -0.39 is 5.97 Å². The van der Waals surface area contributed by atoms with Crippen LogP contribution in [0.2, 0.25) is 5.02 Å². The molecule has 23 heavy (non-hydrogen) atoms. The van der Waals surface area contributed by atoms with Crippen LogP contribution in [-0.4, -0.2) is 25.2 Å². The van der Waals surface area contributed by atoms with Crippen molar-refractivity contribution in [3.8, 4) is 0 Å². The Hall–Kier alpha value is -2.26. The normalized spacial score (nSPS) is 12.8. The van der Waals surface area contributed by atoms with Crippen molar-refractivity contribution in [3.63, 3.8) is 0 Å². The molecule has 3 nitrogen and oxygen atoms in total. The summed E-state index contributed by atoms with van der Waals surface area (Å²) < 4.78 is 0. The molecule has 0 aliphatic rings. The summed E-state index contributed by atoms with van der Waals surface area (Å²) in [5.41, 5.74) is 3.40. The average Bonchev–Trinajstić information content (AvgIpc) is 2.52. The Kier molecular flexibility index (Phi) is 5.45. The van der Waals surface area contributed by atoms with Gasteiger partial charge in [-0.15, -0.1) is 0 Å². The van der Waals surface area contributed by atoms with E-state index in [2.05, 4.69) is 0 Å². The first-order chi connectivity index (χ1) is 10.9. The highest BCUT2D eigenvalue weighted by Crippen LogP contribution is 2.30. The number of carboxylic acids is 1. The lowest BCUT2D eigenvalue weighted by atomic mass is 9.89. The van der Waals surface area contributed by atoms with Crippen LogP contribution < -0.4 is 4.90 Å². The van der Waals surface area contributed by atoms with Crippen molar-refractivity contribution in [2.24, 2.45) is 0 Å². The summed E-state index contributed by atoms with van der Waals surface area (Å²) >= 11 is 6.10. The minimum Gasteiger partial charge on any atom is -0.478 e. The van der Waals surface area contributed by atoms with Crippen LogP contribution in [0.1, 0.15) is 24.0 Å². The Morgan fingerprint density at radius 2 is 1.78 bits per heavy atom. The van der Waals surface area contributed by atoms with Crippen molar-refractivity contribution >= 4 is 23.3 Å². The zero-order valence-corrected chi connectivity index (χ0v) is 14.2. The molecule has 2 aromatic carbocycles. The molecule has 0 heterocycles. The maximum Gasteiger partial charge on any atom is 0.330 e. The Labute approximate surface area is 141 Å². The second-order valence-corrected chi connectivity index (χ2v) is 6.11. The minimum atomic E-state index is -0.915. The zero-order valence-electron chi connectivity index (χ0n) is 13.5. The zero-order chi connectivity index (χ0) is 17.0. The molecule has 4 heteroatoms. The van der Waals surface area contributed by atoms with E-state index in [-0.39, 0.29) is 5.92 Å². The molecule has 0 saturated heterocycles. The van der Waals surface area contributed by atoms with Crippen molar-refractivity contribution in [3.05, 3.63) is 76.3 Å². The van der Waals surface area contributed by atoms with E-state index in [0.29, 0.717) is 10.6 Å². The molecule has 1 atom stereocenters. The third kappa shape index (κ3) is 4.36. The lowest BCUT2D eigenvalue weighted by Crippen LogP contribution is -2.09. The average molecular weight is 330 g/mol. The lowest BCUT2D eigenvalue weighted by Gasteiger charge is -2.18. The van der Waals surface area contributed by atoms with E-state index in [4.69, 9.17) is 11.6 Å². The quantitative estimate of drug-likeness (QED) is 0.817. The Bertz CT molecular complexity index is 720. The Balaban J connectivity index is 2.49. The standard InChI is InChI=1S/C19H20ClNO2/c1-13(19(22)23)11-18(15-5-4-6-16(20)12-15)14-7-9-17(10-8-14)21(2)3/h4-12,18H,1-3H3,(H,22,23). The smallest absolute Gasteiger partial charge is 0.330 e. The molecule has 1 unspecified atom stereocenters. The highest BCUT2D eigenvalue weighted by atomic mass is 35.5. The first-order valence-corrected chi connectivity index (χ1v) is 7.70. The molecular weight excluding hydrogens is 310 g/mol. The van der Waals surface area contributed by atoms with Gasteiger partial charge in [-0.2, -0.15) is 0 Å². The summed E-state index contributed by atoms with van der Waals surface area (Å²) in [5, 5.41) is 9.83. The number of hydrogen-bond donors (Lipinski definition) is 1. The van der Waals surface area contributed by atoms with Gasteiger partial charge in [0.15, 0.2) is 0 Å². The molecule has 0 fully saturated rings. The van der Waals surface area contributed by atoms with E-state index in [1.165, 1.54) is 0 Å². The van der Waals surface area contributed by atoms with E-state index >= 15 is 0 Å². The predicted molar refractivity (Wildman–Crippen MR) is 95.5 cm³/mol. The number of allylic oxidation sites excluding steroid dienone is 1. The molecule has 2 rings (SSSR count). The third-order valence-corrected chi connectivity index (χ3v) is 3.97. The van der Waals surface area contributed by atoms with Gasteiger partial charge in [-0.05, 0) is 42.3 Å². The number of benzene rings is 2. The third-order valence-electron chi connectivity index (χ3n) is 3.73. The number of carboxylic acid groups (broad SMARTS) is 1. The van der Waals surface area contributed by atoms with Gasteiger partial charge in [0.25, 0.3) is 0 Å². The molecular formula is C19H20ClNO2. The van der Waals surface area contributed by atoms with Crippen LogP contribution in [0.5, 0.6) is 0 Å². The van der Waals surface area contributed by atoms with Crippen LogP contribution in [0.3, 0.4) is 0 Å². The molecule has 0 bridgehead atoms. The highest BCUT2D eigenvalue weighted by molar-refractivity contribution is 6.30. The number of anilines is 1. The van der Waals surface area contributed by atoms with E-state index in [0.717, 1.165) is 16.8 Å². The van der Waals surface area contributed by atoms with Gasteiger partial charge in [0.2, 0.25) is 0 Å². The lowest BCUT2D eigenvalue weighted by molar-refractivity contribution is -0.132. The fourth-order valence-corrected chi connectivity index (χ4v) is 2.58. The van der Waals surface area contributed by atoms with Crippen molar-refractivity contribution in [1.82, 2.24) is 0 Å².